The smallest absolute Gasteiger partial charge is 0.244 e. The molecule has 0 aliphatic carbocycles. The van der Waals surface area contributed by atoms with Crippen molar-refractivity contribution in [2.45, 2.75) is 26.7 Å². The fraction of sp³-hybridized carbons (Fsp3) is 0.444. The van der Waals surface area contributed by atoms with E-state index < -0.39 is 0 Å². The average Bonchev–Trinajstić information content (AvgIpc) is 2.02. The molecule has 0 fully saturated rings. The molecule has 0 saturated heterocycles. The van der Waals surface area contributed by atoms with Crippen molar-refractivity contribution >= 4 is 17.3 Å². The fourth-order valence-corrected chi connectivity index (χ4v) is 1.32. The van der Waals surface area contributed by atoms with E-state index in [-0.39, 0.29) is 11.1 Å². The van der Waals surface area contributed by atoms with Gasteiger partial charge in [0.25, 0.3) is 0 Å². The predicted molar refractivity (Wildman–Crippen MR) is 52.1 cm³/mol. The molecule has 0 radical (unpaired) electrons. The molecule has 0 aliphatic rings. The van der Waals surface area contributed by atoms with E-state index in [0.29, 0.717) is 11.5 Å². The van der Waals surface area contributed by atoms with Crippen LogP contribution in [-0.4, -0.2) is 9.97 Å². The molecule has 1 heterocycles. The fourth-order valence-electron chi connectivity index (χ4n) is 1.06. The van der Waals surface area contributed by atoms with Gasteiger partial charge >= 0.3 is 0 Å². The highest BCUT2D eigenvalue weighted by Crippen LogP contribution is 2.30. The highest BCUT2D eigenvalue weighted by atomic mass is 35.5. The quantitative estimate of drug-likeness (QED) is 0.509. The third kappa shape index (κ3) is 1.96. The lowest BCUT2D eigenvalue weighted by atomic mass is 10.1. The first-order chi connectivity index (χ1) is 6.06. The van der Waals surface area contributed by atoms with Crippen LogP contribution in [0, 0.1) is 13.5 Å². The van der Waals surface area contributed by atoms with Gasteiger partial charge in [-0.3, -0.25) is 0 Å². The van der Waals surface area contributed by atoms with Crippen LogP contribution in [0.2, 0.25) is 5.15 Å². The van der Waals surface area contributed by atoms with Crippen molar-refractivity contribution in [3.05, 3.63) is 28.1 Å². The van der Waals surface area contributed by atoms with Gasteiger partial charge in [0.15, 0.2) is 0 Å². The van der Waals surface area contributed by atoms with Crippen LogP contribution in [0.5, 0.6) is 0 Å². The van der Waals surface area contributed by atoms with E-state index in [2.05, 4.69) is 14.8 Å². The summed E-state index contributed by atoms with van der Waals surface area (Å²) in [7, 11) is 0. The number of halogens is 1. The van der Waals surface area contributed by atoms with Gasteiger partial charge in [0.2, 0.25) is 5.69 Å². The largest absolute Gasteiger partial charge is 0.249 e. The normalized spacial score (nSPS) is 10.2. The van der Waals surface area contributed by atoms with Gasteiger partial charge in [-0.05, 0) is 12.8 Å². The summed E-state index contributed by atoms with van der Waals surface area (Å²) in [5.41, 5.74) is 1.11. The molecule has 0 bridgehead atoms. The summed E-state index contributed by atoms with van der Waals surface area (Å²) in [4.78, 5) is 11.4. The Bertz CT molecular complexity index is 366. The number of rotatable bonds is 1. The zero-order valence-electron chi connectivity index (χ0n) is 7.80. The van der Waals surface area contributed by atoms with Crippen molar-refractivity contribution in [3.63, 3.8) is 0 Å². The second kappa shape index (κ2) is 3.71. The van der Waals surface area contributed by atoms with Crippen molar-refractivity contribution in [2.24, 2.45) is 0 Å². The standard InChI is InChI=1S/C9H10ClN3/c1-5(2)7-8(11-4)9(10)13-6(3)12-7/h5H,1-3H3. The third-order valence-corrected chi connectivity index (χ3v) is 1.90. The minimum Gasteiger partial charge on any atom is -0.249 e. The molecule has 0 unspecified atom stereocenters. The molecule has 13 heavy (non-hydrogen) atoms. The first kappa shape index (κ1) is 9.94. The highest BCUT2D eigenvalue weighted by molar-refractivity contribution is 6.32. The topological polar surface area (TPSA) is 30.1 Å². The molecule has 0 amide bonds. The summed E-state index contributed by atoms with van der Waals surface area (Å²) < 4.78 is 0. The van der Waals surface area contributed by atoms with E-state index in [4.69, 9.17) is 18.2 Å². The van der Waals surface area contributed by atoms with E-state index in [0.717, 1.165) is 5.69 Å². The molecular weight excluding hydrogens is 186 g/mol. The molecule has 1 aromatic rings. The van der Waals surface area contributed by atoms with E-state index in [1.807, 2.05) is 13.8 Å². The Labute approximate surface area is 82.6 Å². The van der Waals surface area contributed by atoms with Crippen LogP contribution >= 0.6 is 11.6 Å². The Balaban J connectivity index is 3.41. The molecule has 3 nitrogen and oxygen atoms in total. The van der Waals surface area contributed by atoms with Crippen LogP contribution in [0.15, 0.2) is 0 Å². The number of aromatic nitrogens is 2. The Morgan fingerprint density at radius 2 is 2.00 bits per heavy atom. The van der Waals surface area contributed by atoms with Crippen LogP contribution in [0.4, 0.5) is 5.69 Å². The van der Waals surface area contributed by atoms with Gasteiger partial charge in [0.1, 0.15) is 11.0 Å². The number of hydrogen-bond donors (Lipinski definition) is 0. The molecule has 0 aliphatic heterocycles. The van der Waals surface area contributed by atoms with Gasteiger partial charge < -0.3 is 0 Å². The molecular formula is C9H10ClN3. The van der Waals surface area contributed by atoms with Crippen molar-refractivity contribution in [1.82, 2.24) is 9.97 Å². The van der Waals surface area contributed by atoms with Crippen LogP contribution in [0.1, 0.15) is 31.3 Å². The summed E-state index contributed by atoms with van der Waals surface area (Å²) >= 11 is 5.81. The minimum absolute atomic E-state index is 0.197. The number of aryl methyl sites for hydroxylation is 1. The second-order valence-corrected chi connectivity index (χ2v) is 3.42. The van der Waals surface area contributed by atoms with Crippen LogP contribution < -0.4 is 0 Å². The Hall–Kier alpha value is -1.14. The average molecular weight is 196 g/mol. The zero-order valence-corrected chi connectivity index (χ0v) is 8.55. The van der Waals surface area contributed by atoms with Crippen molar-refractivity contribution < 1.29 is 0 Å². The van der Waals surface area contributed by atoms with Crippen LogP contribution in [0.25, 0.3) is 4.85 Å². The summed E-state index contributed by atoms with van der Waals surface area (Å²) in [6, 6.07) is 0. The van der Waals surface area contributed by atoms with Gasteiger partial charge in [-0.1, -0.05) is 25.4 Å². The molecule has 0 N–H and O–H groups in total. The lowest BCUT2D eigenvalue weighted by Crippen LogP contribution is -1.98. The third-order valence-electron chi connectivity index (χ3n) is 1.64. The SMILES string of the molecule is [C-]#[N+]c1c(Cl)nc(C)nc1C(C)C. The zero-order chi connectivity index (χ0) is 10.0. The van der Waals surface area contributed by atoms with Gasteiger partial charge in [0.05, 0.1) is 12.3 Å². The summed E-state index contributed by atoms with van der Waals surface area (Å²) in [5, 5.41) is 0.256. The maximum absolute atomic E-state index is 6.95. The van der Waals surface area contributed by atoms with E-state index in [9.17, 15) is 0 Å². The highest BCUT2D eigenvalue weighted by Gasteiger charge is 2.13. The lowest BCUT2D eigenvalue weighted by Gasteiger charge is -2.08. The van der Waals surface area contributed by atoms with Gasteiger partial charge in [0, 0.05) is 0 Å². The summed E-state index contributed by atoms with van der Waals surface area (Å²) in [6.45, 7) is 12.7. The van der Waals surface area contributed by atoms with E-state index in [1.54, 1.807) is 6.92 Å². The van der Waals surface area contributed by atoms with E-state index >= 15 is 0 Å². The van der Waals surface area contributed by atoms with Crippen LogP contribution in [0.3, 0.4) is 0 Å². The van der Waals surface area contributed by atoms with Gasteiger partial charge in [-0.2, -0.15) is 0 Å². The van der Waals surface area contributed by atoms with Crippen LogP contribution in [-0.2, 0) is 0 Å². The molecule has 0 atom stereocenters. The Morgan fingerprint density at radius 3 is 2.46 bits per heavy atom. The number of hydrogen-bond acceptors (Lipinski definition) is 2. The van der Waals surface area contributed by atoms with E-state index in [1.165, 1.54) is 0 Å². The monoisotopic (exact) mass is 195 g/mol. The molecule has 1 rings (SSSR count). The maximum atomic E-state index is 6.95. The van der Waals surface area contributed by atoms with Crippen molar-refractivity contribution in [1.29, 1.82) is 0 Å². The predicted octanol–water partition coefficient (Wildman–Crippen LogP) is 3.11. The Morgan fingerprint density at radius 1 is 1.38 bits per heavy atom. The Kier molecular flexibility index (Phi) is 2.84. The summed E-state index contributed by atoms with van der Waals surface area (Å²) in [5.74, 6) is 0.810. The molecule has 0 saturated carbocycles. The molecule has 0 aromatic carbocycles. The molecule has 0 spiro atoms. The van der Waals surface area contributed by atoms with Crippen molar-refractivity contribution in [2.75, 3.05) is 0 Å². The van der Waals surface area contributed by atoms with Gasteiger partial charge in [-0.15, -0.1) is 0 Å². The maximum Gasteiger partial charge on any atom is 0.244 e. The minimum atomic E-state index is 0.197. The molecule has 1 aromatic heterocycles. The number of nitrogens with zero attached hydrogens (tertiary/aromatic N) is 3. The van der Waals surface area contributed by atoms with Gasteiger partial charge in [-0.25, -0.2) is 14.8 Å². The first-order valence-corrected chi connectivity index (χ1v) is 4.35. The molecule has 68 valence electrons. The molecule has 4 heteroatoms. The second-order valence-electron chi connectivity index (χ2n) is 3.06. The van der Waals surface area contributed by atoms with Crippen molar-refractivity contribution in [3.8, 4) is 0 Å². The lowest BCUT2D eigenvalue weighted by molar-refractivity contribution is 0.808. The first-order valence-electron chi connectivity index (χ1n) is 3.97. The summed E-state index contributed by atoms with van der Waals surface area (Å²) in [6.07, 6.45) is 0.